The van der Waals surface area contributed by atoms with Crippen molar-refractivity contribution in [1.29, 1.82) is 0 Å². The van der Waals surface area contributed by atoms with E-state index in [1.54, 1.807) is 0 Å². The summed E-state index contributed by atoms with van der Waals surface area (Å²) in [6.07, 6.45) is 2.28. The van der Waals surface area contributed by atoms with Crippen molar-refractivity contribution in [2.75, 3.05) is 11.9 Å². The van der Waals surface area contributed by atoms with E-state index in [4.69, 9.17) is 5.73 Å². The number of pyridine rings is 1. The van der Waals surface area contributed by atoms with Crippen molar-refractivity contribution in [2.24, 2.45) is 5.73 Å². The molecule has 0 saturated carbocycles. The van der Waals surface area contributed by atoms with Gasteiger partial charge in [-0.15, -0.1) is 0 Å². The van der Waals surface area contributed by atoms with Gasteiger partial charge in [0.1, 0.15) is 5.82 Å². The van der Waals surface area contributed by atoms with Crippen molar-refractivity contribution in [3.8, 4) is 0 Å². The minimum atomic E-state index is 0.505. The minimum absolute atomic E-state index is 0.505. The Hall–Kier alpha value is -1.09. The van der Waals surface area contributed by atoms with Gasteiger partial charge >= 0.3 is 0 Å². The first-order chi connectivity index (χ1) is 7.22. The lowest BCUT2D eigenvalue weighted by atomic mass is 10.1. The monoisotopic (exact) mass is 207 g/mol. The molecule has 3 heteroatoms. The summed E-state index contributed by atoms with van der Waals surface area (Å²) in [4.78, 5) is 6.74. The molecular weight excluding hydrogens is 186 g/mol. The van der Waals surface area contributed by atoms with Crippen LogP contribution >= 0.6 is 0 Å². The van der Waals surface area contributed by atoms with Crippen LogP contribution < -0.4 is 10.6 Å². The molecule has 15 heavy (non-hydrogen) atoms. The van der Waals surface area contributed by atoms with Gasteiger partial charge in [-0.2, -0.15) is 0 Å². The van der Waals surface area contributed by atoms with Crippen molar-refractivity contribution < 1.29 is 0 Å². The molecular formula is C12H21N3. The third-order valence-electron chi connectivity index (χ3n) is 2.85. The van der Waals surface area contributed by atoms with Gasteiger partial charge in [0.15, 0.2) is 0 Å². The Morgan fingerprint density at radius 1 is 1.33 bits per heavy atom. The molecule has 0 aromatic carbocycles. The summed E-state index contributed by atoms with van der Waals surface area (Å²) < 4.78 is 0. The number of nitrogens with zero attached hydrogens (tertiary/aromatic N) is 2. The van der Waals surface area contributed by atoms with Crippen LogP contribution in [0.5, 0.6) is 0 Å². The van der Waals surface area contributed by atoms with Gasteiger partial charge in [0, 0.05) is 19.6 Å². The first kappa shape index (κ1) is 12.0. The molecule has 0 bridgehead atoms. The van der Waals surface area contributed by atoms with Crippen molar-refractivity contribution >= 4 is 5.82 Å². The standard InChI is InChI=1S/C12H21N3/c1-4-11(5-2)15(3)12-8-6-7-10(9-13)14-12/h6-8,11H,4-5,9,13H2,1-3H3. The number of nitrogens with two attached hydrogens (primary N) is 1. The van der Waals surface area contributed by atoms with Crippen LogP contribution in [-0.2, 0) is 6.54 Å². The molecule has 84 valence electrons. The van der Waals surface area contributed by atoms with Crippen molar-refractivity contribution in [1.82, 2.24) is 4.98 Å². The molecule has 1 rings (SSSR count). The maximum absolute atomic E-state index is 5.58. The highest BCUT2D eigenvalue weighted by Crippen LogP contribution is 2.16. The van der Waals surface area contributed by atoms with Gasteiger partial charge in [-0.25, -0.2) is 4.98 Å². The zero-order valence-electron chi connectivity index (χ0n) is 9.90. The van der Waals surface area contributed by atoms with E-state index in [1.165, 1.54) is 0 Å². The van der Waals surface area contributed by atoms with Gasteiger partial charge in [-0.3, -0.25) is 0 Å². The number of hydrogen-bond acceptors (Lipinski definition) is 3. The van der Waals surface area contributed by atoms with Crippen LogP contribution in [0.25, 0.3) is 0 Å². The summed E-state index contributed by atoms with van der Waals surface area (Å²) in [5.74, 6) is 1.02. The first-order valence-corrected chi connectivity index (χ1v) is 5.61. The minimum Gasteiger partial charge on any atom is -0.357 e. The molecule has 1 aromatic rings. The van der Waals surface area contributed by atoms with Crippen LogP contribution in [0.4, 0.5) is 5.82 Å². The van der Waals surface area contributed by atoms with E-state index in [9.17, 15) is 0 Å². The second-order valence-corrected chi connectivity index (χ2v) is 3.77. The zero-order valence-corrected chi connectivity index (χ0v) is 9.90. The van der Waals surface area contributed by atoms with E-state index in [0.717, 1.165) is 24.4 Å². The molecule has 0 unspecified atom stereocenters. The number of rotatable bonds is 5. The van der Waals surface area contributed by atoms with Crippen molar-refractivity contribution in [2.45, 2.75) is 39.3 Å². The highest BCUT2D eigenvalue weighted by molar-refractivity contribution is 5.39. The van der Waals surface area contributed by atoms with Crippen LogP contribution in [0.2, 0.25) is 0 Å². The Kier molecular flexibility index (Phi) is 4.56. The number of anilines is 1. The Bertz CT molecular complexity index is 295. The molecule has 0 aliphatic heterocycles. The fourth-order valence-corrected chi connectivity index (χ4v) is 1.80. The number of aromatic nitrogens is 1. The molecule has 0 amide bonds. The normalized spacial score (nSPS) is 10.7. The topological polar surface area (TPSA) is 42.1 Å². The van der Waals surface area contributed by atoms with Gasteiger partial charge in [-0.05, 0) is 25.0 Å². The highest BCUT2D eigenvalue weighted by Gasteiger charge is 2.11. The van der Waals surface area contributed by atoms with E-state index < -0.39 is 0 Å². The van der Waals surface area contributed by atoms with Gasteiger partial charge in [0.2, 0.25) is 0 Å². The molecule has 0 aliphatic carbocycles. The van der Waals surface area contributed by atoms with Crippen LogP contribution in [0.1, 0.15) is 32.4 Å². The third kappa shape index (κ3) is 2.93. The van der Waals surface area contributed by atoms with Crippen LogP contribution in [0, 0.1) is 0 Å². The average molecular weight is 207 g/mol. The van der Waals surface area contributed by atoms with E-state index in [-0.39, 0.29) is 0 Å². The quantitative estimate of drug-likeness (QED) is 0.804. The molecule has 0 radical (unpaired) electrons. The second-order valence-electron chi connectivity index (χ2n) is 3.77. The molecule has 1 heterocycles. The molecule has 2 N–H and O–H groups in total. The van der Waals surface area contributed by atoms with Crippen LogP contribution in [0.15, 0.2) is 18.2 Å². The van der Waals surface area contributed by atoms with Gasteiger partial charge in [0.05, 0.1) is 5.69 Å². The SMILES string of the molecule is CCC(CC)N(C)c1cccc(CN)n1. The van der Waals surface area contributed by atoms with Crippen molar-refractivity contribution in [3.05, 3.63) is 23.9 Å². The molecule has 0 fully saturated rings. The maximum Gasteiger partial charge on any atom is 0.128 e. The Labute approximate surface area is 92.3 Å². The second kappa shape index (κ2) is 5.71. The summed E-state index contributed by atoms with van der Waals surface area (Å²) in [5, 5.41) is 0. The fourth-order valence-electron chi connectivity index (χ4n) is 1.80. The smallest absolute Gasteiger partial charge is 0.128 e. The molecule has 1 aromatic heterocycles. The number of hydrogen-bond donors (Lipinski definition) is 1. The highest BCUT2D eigenvalue weighted by atomic mass is 15.2. The summed E-state index contributed by atoms with van der Waals surface area (Å²) in [6, 6.07) is 6.58. The first-order valence-electron chi connectivity index (χ1n) is 5.61. The Morgan fingerprint density at radius 2 is 2.00 bits per heavy atom. The van der Waals surface area contributed by atoms with Gasteiger partial charge < -0.3 is 10.6 Å². The molecule has 0 atom stereocenters. The lowest BCUT2D eigenvalue weighted by Crippen LogP contribution is -2.31. The predicted octanol–water partition coefficient (Wildman–Crippen LogP) is 2.17. The van der Waals surface area contributed by atoms with Gasteiger partial charge in [-0.1, -0.05) is 19.9 Å². The van der Waals surface area contributed by atoms with Crippen molar-refractivity contribution in [3.63, 3.8) is 0 Å². The molecule has 0 spiro atoms. The third-order valence-corrected chi connectivity index (χ3v) is 2.85. The Balaban J connectivity index is 2.84. The van der Waals surface area contributed by atoms with Crippen LogP contribution in [0.3, 0.4) is 0 Å². The summed E-state index contributed by atoms with van der Waals surface area (Å²) >= 11 is 0. The van der Waals surface area contributed by atoms with Crippen LogP contribution in [-0.4, -0.2) is 18.1 Å². The lowest BCUT2D eigenvalue weighted by Gasteiger charge is -2.27. The fraction of sp³-hybridized carbons (Fsp3) is 0.583. The Morgan fingerprint density at radius 3 is 2.53 bits per heavy atom. The molecule has 3 nitrogen and oxygen atoms in total. The van der Waals surface area contributed by atoms with E-state index >= 15 is 0 Å². The summed E-state index contributed by atoms with van der Waals surface area (Å²) in [7, 11) is 2.10. The van der Waals surface area contributed by atoms with E-state index in [2.05, 4.69) is 30.8 Å². The molecule has 0 saturated heterocycles. The lowest BCUT2D eigenvalue weighted by molar-refractivity contribution is 0.586. The van der Waals surface area contributed by atoms with E-state index in [1.807, 2.05) is 18.2 Å². The average Bonchev–Trinajstić information content (AvgIpc) is 2.30. The summed E-state index contributed by atoms with van der Waals surface area (Å²) in [6.45, 7) is 4.92. The predicted molar refractivity (Wildman–Crippen MR) is 64.9 cm³/mol. The zero-order chi connectivity index (χ0) is 11.3. The molecule has 0 aliphatic rings. The largest absolute Gasteiger partial charge is 0.357 e. The van der Waals surface area contributed by atoms with E-state index in [0.29, 0.717) is 12.6 Å². The maximum atomic E-state index is 5.58. The van der Waals surface area contributed by atoms with Gasteiger partial charge in [0.25, 0.3) is 0 Å². The summed E-state index contributed by atoms with van der Waals surface area (Å²) in [5.41, 5.74) is 6.53.